The van der Waals surface area contributed by atoms with Gasteiger partial charge in [0.25, 0.3) is 5.56 Å². The zero-order chi connectivity index (χ0) is 17.6. The highest BCUT2D eigenvalue weighted by Gasteiger charge is 2.07. The summed E-state index contributed by atoms with van der Waals surface area (Å²) in [5, 5.41) is 13.4. The van der Waals surface area contributed by atoms with Crippen molar-refractivity contribution in [3.05, 3.63) is 74.3 Å². The van der Waals surface area contributed by atoms with Gasteiger partial charge in [0, 0.05) is 26.1 Å². The van der Waals surface area contributed by atoms with Gasteiger partial charge < -0.3 is 10.0 Å². The van der Waals surface area contributed by atoms with Crippen LogP contribution >= 0.6 is 11.3 Å². The van der Waals surface area contributed by atoms with E-state index in [-0.39, 0.29) is 11.3 Å². The van der Waals surface area contributed by atoms with Gasteiger partial charge in [0.1, 0.15) is 5.75 Å². The molecule has 3 rings (SSSR count). The number of hydrogen-bond acceptors (Lipinski definition) is 5. The Balaban J connectivity index is 1.61. The molecule has 0 aliphatic rings. The molecule has 2 N–H and O–H groups in total. The number of rotatable bonds is 7. The van der Waals surface area contributed by atoms with Crippen LogP contribution in [0.4, 0.5) is 5.95 Å². The summed E-state index contributed by atoms with van der Waals surface area (Å²) in [6, 6.07) is 10.9. The van der Waals surface area contributed by atoms with E-state index in [1.54, 1.807) is 29.5 Å². The van der Waals surface area contributed by atoms with Crippen molar-refractivity contribution in [2.24, 2.45) is 0 Å². The zero-order valence-electron chi connectivity index (χ0n) is 14.1. The summed E-state index contributed by atoms with van der Waals surface area (Å²) in [5.74, 6) is 0.883. The second kappa shape index (κ2) is 7.98. The molecule has 0 fully saturated rings. The molecule has 0 bridgehead atoms. The number of aromatic amines is 1. The van der Waals surface area contributed by atoms with Crippen LogP contribution in [0, 0.1) is 0 Å². The molecule has 0 aliphatic heterocycles. The summed E-state index contributed by atoms with van der Waals surface area (Å²) < 4.78 is 0. The number of phenols is 1. The fourth-order valence-electron chi connectivity index (χ4n) is 2.66. The molecule has 0 radical (unpaired) electrons. The highest BCUT2D eigenvalue weighted by atomic mass is 32.1. The van der Waals surface area contributed by atoms with Crippen LogP contribution in [0.25, 0.3) is 0 Å². The quantitative estimate of drug-likeness (QED) is 0.683. The molecule has 0 aliphatic carbocycles. The number of aryl methyl sites for hydroxylation is 1. The first-order valence-electron chi connectivity index (χ1n) is 8.20. The molecule has 0 unspecified atom stereocenters. The SMILES string of the molecule is CN(CCCc1ccc(O)cc1)c1nc(Cc2ccsc2)cc(=O)[nH]1. The van der Waals surface area contributed by atoms with E-state index in [0.29, 0.717) is 12.4 Å². The van der Waals surface area contributed by atoms with Crippen LogP contribution in [0.3, 0.4) is 0 Å². The van der Waals surface area contributed by atoms with E-state index >= 15 is 0 Å². The Morgan fingerprint density at radius 3 is 2.72 bits per heavy atom. The number of aromatic hydroxyl groups is 1. The van der Waals surface area contributed by atoms with Crippen LogP contribution in [0.15, 0.2) is 52.0 Å². The summed E-state index contributed by atoms with van der Waals surface area (Å²) in [4.78, 5) is 21.3. The van der Waals surface area contributed by atoms with Gasteiger partial charge in [0.2, 0.25) is 5.95 Å². The first-order valence-corrected chi connectivity index (χ1v) is 9.15. The van der Waals surface area contributed by atoms with E-state index in [9.17, 15) is 9.90 Å². The molecule has 0 atom stereocenters. The lowest BCUT2D eigenvalue weighted by Gasteiger charge is -2.18. The number of nitrogens with zero attached hydrogens (tertiary/aromatic N) is 2. The Morgan fingerprint density at radius 1 is 1.20 bits per heavy atom. The molecule has 0 spiro atoms. The summed E-state index contributed by atoms with van der Waals surface area (Å²) in [7, 11) is 1.93. The molecule has 6 heteroatoms. The average molecular weight is 355 g/mol. The van der Waals surface area contributed by atoms with Gasteiger partial charge in [-0.05, 0) is 52.9 Å². The van der Waals surface area contributed by atoms with Crippen molar-refractivity contribution in [2.45, 2.75) is 19.3 Å². The van der Waals surface area contributed by atoms with Crippen molar-refractivity contribution in [3.63, 3.8) is 0 Å². The van der Waals surface area contributed by atoms with Gasteiger partial charge in [0.05, 0.1) is 5.69 Å². The lowest BCUT2D eigenvalue weighted by molar-refractivity contribution is 0.475. The Labute approximate surface area is 150 Å². The topological polar surface area (TPSA) is 69.2 Å². The van der Waals surface area contributed by atoms with Gasteiger partial charge in [-0.25, -0.2) is 4.98 Å². The standard InChI is InChI=1S/C19H21N3O2S/c1-22(9-2-3-14-4-6-17(23)7-5-14)19-20-16(12-18(24)21-19)11-15-8-10-25-13-15/h4-8,10,12-13,23H,2-3,9,11H2,1H3,(H,20,21,24). The molecule has 130 valence electrons. The molecule has 1 aromatic carbocycles. The maximum atomic E-state index is 11.9. The molecular formula is C19H21N3O2S. The number of aromatic nitrogens is 2. The van der Waals surface area contributed by atoms with Gasteiger partial charge in [-0.1, -0.05) is 12.1 Å². The Morgan fingerprint density at radius 2 is 2.00 bits per heavy atom. The number of anilines is 1. The second-order valence-electron chi connectivity index (χ2n) is 6.06. The molecule has 25 heavy (non-hydrogen) atoms. The van der Waals surface area contributed by atoms with Gasteiger partial charge in [-0.3, -0.25) is 9.78 Å². The molecule has 0 saturated heterocycles. The van der Waals surface area contributed by atoms with Crippen molar-refractivity contribution in [1.82, 2.24) is 9.97 Å². The van der Waals surface area contributed by atoms with Crippen molar-refractivity contribution in [2.75, 3.05) is 18.5 Å². The largest absolute Gasteiger partial charge is 0.508 e. The lowest BCUT2D eigenvalue weighted by Crippen LogP contribution is -2.25. The summed E-state index contributed by atoms with van der Waals surface area (Å²) >= 11 is 1.64. The zero-order valence-corrected chi connectivity index (χ0v) is 14.9. The Bertz CT molecular complexity index is 857. The van der Waals surface area contributed by atoms with E-state index in [1.807, 2.05) is 29.5 Å². The summed E-state index contributed by atoms with van der Waals surface area (Å²) in [6.45, 7) is 0.783. The van der Waals surface area contributed by atoms with Crippen LogP contribution in [-0.2, 0) is 12.8 Å². The minimum atomic E-state index is -0.124. The number of benzene rings is 1. The molecule has 2 aromatic heterocycles. The van der Waals surface area contributed by atoms with Crippen LogP contribution in [0.2, 0.25) is 0 Å². The smallest absolute Gasteiger partial charge is 0.252 e. The van der Waals surface area contributed by atoms with Crippen LogP contribution < -0.4 is 10.5 Å². The van der Waals surface area contributed by atoms with E-state index < -0.39 is 0 Å². The third-order valence-electron chi connectivity index (χ3n) is 4.00. The average Bonchev–Trinajstić information content (AvgIpc) is 3.09. The fraction of sp³-hybridized carbons (Fsp3) is 0.263. The molecule has 0 saturated carbocycles. The van der Waals surface area contributed by atoms with E-state index in [4.69, 9.17) is 0 Å². The van der Waals surface area contributed by atoms with Crippen LogP contribution in [0.5, 0.6) is 5.75 Å². The molecule has 5 nitrogen and oxygen atoms in total. The van der Waals surface area contributed by atoms with E-state index in [1.165, 1.54) is 11.1 Å². The predicted octanol–water partition coefficient (Wildman–Crippen LogP) is 3.20. The third-order valence-corrected chi connectivity index (χ3v) is 4.74. The fourth-order valence-corrected chi connectivity index (χ4v) is 3.33. The summed E-state index contributed by atoms with van der Waals surface area (Å²) in [5.41, 5.74) is 3.01. The van der Waals surface area contributed by atoms with Crippen LogP contribution in [-0.4, -0.2) is 28.7 Å². The number of thiophene rings is 1. The van der Waals surface area contributed by atoms with Gasteiger partial charge in [-0.2, -0.15) is 11.3 Å². The molecule has 0 amide bonds. The first-order chi connectivity index (χ1) is 12.1. The number of nitrogens with one attached hydrogen (secondary N) is 1. The first kappa shape index (κ1) is 17.2. The maximum absolute atomic E-state index is 11.9. The normalized spacial score (nSPS) is 10.8. The highest BCUT2D eigenvalue weighted by molar-refractivity contribution is 7.07. The van der Waals surface area contributed by atoms with Gasteiger partial charge in [-0.15, -0.1) is 0 Å². The lowest BCUT2D eigenvalue weighted by atomic mass is 10.1. The van der Waals surface area contributed by atoms with Crippen molar-refractivity contribution in [3.8, 4) is 5.75 Å². The number of H-pyrrole nitrogens is 1. The molecule has 3 aromatic rings. The van der Waals surface area contributed by atoms with Crippen molar-refractivity contribution >= 4 is 17.3 Å². The highest BCUT2D eigenvalue weighted by Crippen LogP contribution is 2.14. The van der Waals surface area contributed by atoms with Gasteiger partial charge in [0.15, 0.2) is 0 Å². The van der Waals surface area contributed by atoms with Crippen LogP contribution in [0.1, 0.15) is 23.2 Å². The Hall–Kier alpha value is -2.60. The maximum Gasteiger partial charge on any atom is 0.252 e. The monoisotopic (exact) mass is 355 g/mol. The summed E-state index contributed by atoms with van der Waals surface area (Å²) in [6.07, 6.45) is 2.50. The predicted molar refractivity (Wildman–Crippen MR) is 102 cm³/mol. The Kier molecular flexibility index (Phi) is 5.50. The minimum absolute atomic E-state index is 0.124. The second-order valence-corrected chi connectivity index (χ2v) is 6.84. The number of phenolic OH excluding ortho intramolecular Hbond substituents is 1. The molecule has 2 heterocycles. The third kappa shape index (κ3) is 4.93. The van der Waals surface area contributed by atoms with Gasteiger partial charge >= 0.3 is 0 Å². The van der Waals surface area contributed by atoms with E-state index in [2.05, 4.69) is 21.4 Å². The molecular weight excluding hydrogens is 334 g/mol. The van der Waals surface area contributed by atoms with Crippen molar-refractivity contribution in [1.29, 1.82) is 0 Å². The minimum Gasteiger partial charge on any atom is -0.508 e. The van der Waals surface area contributed by atoms with Crippen molar-refractivity contribution < 1.29 is 5.11 Å². The van der Waals surface area contributed by atoms with E-state index in [0.717, 1.165) is 25.1 Å². The number of hydrogen-bond donors (Lipinski definition) is 2.